The topological polar surface area (TPSA) is 76.9 Å². The lowest BCUT2D eigenvalue weighted by atomic mass is 10.0. The predicted octanol–water partition coefficient (Wildman–Crippen LogP) is 3.81. The van der Waals surface area contributed by atoms with Crippen molar-refractivity contribution in [2.75, 3.05) is 0 Å². The number of halogens is 1. The number of rotatable bonds is 8. The highest BCUT2D eigenvalue weighted by Gasteiger charge is 2.16. The molecule has 0 unspecified atom stereocenters. The fraction of sp³-hybridized carbons (Fsp3) is 0.130. The first kappa shape index (κ1) is 20.9. The van der Waals surface area contributed by atoms with Crippen molar-refractivity contribution in [3.05, 3.63) is 103 Å². The van der Waals surface area contributed by atoms with Gasteiger partial charge in [-0.25, -0.2) is 22.5 Å². The van der Waals surface area contributed by atoms with Crippen LogP contribution in [0.3, 0.4) is 0 Å². The molecule has 0 fully saturated rings. The summed E-state index contributed by atoms with van der Waals surface area (Å²) in [6.45, 7) is 0.799. The van der Waals surface area contributed by atoms with Crippen molar-refractivity contribution in [2.45, 2.75) is 24.4 Å². The molecule has 1 N–H and O–H groups in total. The monoisotopic (exact) mass is 436 g/mol. The third-order valence-electron chi connectivity index (χ3n) is 4.96. The zero-order valence-electron chi connectivity index (χ0n) is 16.6. The Labute approximate surface area is 180 Å². The molecule has 2 aromatic carbocycles. The highest BCUT2D eigenvalue weighted by Crippen LogP contribution is 2.24. The molecule has 6 nitrogen and oxygen atoms in total. The van der Waals surface area contributed by atoms with Crippen molar-refractivity contribution in [3.8, 4) is 11.3 Å². The van der Waals surface area contributed by atoms with Gasteiger partial charge in [0.15, 0.2) is 0 Å². The van der Waals surface area contributed by atoms with Crippen LogP contribution in [0.1, 0.15) is 11.1 Å². The summed E-state index contributed by atoms with van der Waals surface area (Å²) in [5.74, 6) is -0.255. The maximum Gasteiger partial charge on any atom is 0.242 e. The molecule has 0 saturated heterocycles. The number of hydrogen-bond acceptors (Lipinski definition) is 4. The van der Waals surface area contributed by atoms with Crippen LogP contribution in [0.15, 0.2) is 90.5 Å². The quantitative estimate of drug-likeness (QED) is 0.456. The van der Waals surface area contributed by atoms with Crippen LogP contribution >= 0.6 is 0 Å². The van der Waals surface area contributed by atoms with Gasteiger partial charge < -0.3 is 4.57 Å². The number of aromatic nitrogens is 3. The van der Waals surface area contributed by atoms with Gasteiger partial charge in [0, 0.05) is 31.0 Å². The normalized spacial score (nSPS) is 11.5. The Hall–Kier alpha value is -3.36. The molecule has 2 heterocycles. The van der Waals surface area contributed by atoms with Gasteiger partial charge in [0.2, 0.25) is 10.0 Å². The maximum atomic E-state index is 13.1. The van der Waals surface area contributed by atoms with Crippen LogP contribution in [0.5, 0.6) is 0 Å². The van der Waals surface area contributed by atoms with Gasteiger partial charge in [-0.3, -0.25) is 4.98 Å². The number of imidazole rings is 1. The SMILES string of the molecule is O=S(=O)(NCc1ccccc1-c1cncn1CCc1ccc(F)cc1)c1cccnc1. The first-order valence-electron chi connectivity index (χ1n) is 9.75. The van der Waals surface area contributed by atoms with Crippen molar-refractivity contribution in [2.24, 2.45) is 0 Å². The number of pyridine rings is 1. The fourth-order valence-corrected chi connectivity index (χ4v) is 4.28. The second-order valence-corrected chi connectivity index (χ2v) is 8.79. The highest BCUT2D eigenvalue weighted by molar-refractivity contribution is 7.89. The molecule has 0 atom stereocenters. The molecule has 0 spiro atoms. The molecule has 2 aromatic heterocycles. The zero-order valence-corrected chi connectivity index (χ0v) is 17.5. The van der Waals surface area contributed by atoms with Crippen molar-refractivity contribution in [1.29, 1.82) is 0 Å². The maximum absolute atomic E-state index is 13.1. The fourth-order valence-electron chi connectivity index (χ4n) is 3.31. The summed E-state index contributed by atoms with van der Waals surface area (Å²) in [5.41, 5.74) is 3.64. The molecular formula is C23H21FN4O2S. The van der Waals surface area contributed by atoms with E-state index in [0.29, 0.717) is 6.54 Å². The minimum atomic E-state index is -3.67. The van der Waals surface area contributed by atoms with Gasteiger partial charge in [0.1, 0.15) is 10.7 Å². The Morgan fingerprint density at radius 3 is 2.52 bits per heavy atom. The Morgan fingerprint density at radius 1 is 0.935 bits per heavy atom. The average molecular weight is 437 g/mol. The molecule has 0 radical (unpaired) electrons. The van der Waals surface area contributed by atoms with Crippen LogP contribution in [0, 0.1) is 5.82 Å². The minimum Gasteiger partial charge on any atom is -0.330 e. The van der Waals surface area contributed by atoms with Gasteiger partial charge in [0.05, 0.1) is 18.2 Å². The number of benzene rings is 2. The standard InChI is InChI=1S/C23H21FN4O2S/c24-20-9-7-18(8-10-20)11-13-28-17-26-16-23(28)22-6-2-1-4-19(22)14-27-31(29,30)21-5-3-12-25-15-21/h1-10,12,15-17,27H,11,13-14H2. The van der Waals surface area contributed by atoms with E-state index in [9.17, 15) is 12.8 Å². The average Bonchev–Trinajstić information content (AvgIpc) is 3.27. The van der Waals surface area contributed by atoms with E-state index in [1.165, 1.54) is 30.6 Å². The van der Waals surface area contributed by atoms with E-state index in [1.807, 2.05) is 28.8 Å². The Morgan fingerprint density at radius 2 is 1.74 bits per heavy atom. The van der Waals surface area contributed by atoms with Crippen LogP contribution in [-0.2, 0) is 29.5 Å². The summed E-state index contributed by atoms with van der Waals surface area (Å²) in [6.07, 6.45) is 7.08. The molecule has 0 saturated carbocycles. The number of sulfonamides is 1. The molecule has 0 aliphatic rings. The van der Waals surface area contributed by atoms with E-state index in [1.54, 1.807) is 30.7 Å². The molecule has 0 bridgehead atoms. The van der Waals surface area contributed by atoms with Crippen LogP contribution in [0.2, 0.25) is 0 Å². The minimum absolute atomic E-state index is 0.122. The van der Waals surface area contributed by atoms with Gasteiger partial charge in [-0.05, 0) is 41.8 Å². The first-order chi connectivity index (χ1) is 15.0. The van der Waals surface area contributed by atoms with Crippen LogP contribution in [0.4, 0.5) is 4.39 Å². The lowest BCUT2D eigenvalue weighted by Gasteiger charge is -2.13. The summed E-state index contributed by atoms with van der Waals surface area (Å²) in [4.78, 5) is 8.28. The Bertz CT molecular complexity index is 1260. The van der Waals surface area contributed by atoms with Gasteiger partial charge >= 0.3 is 0 Å². The lowest BCUT2D eigenvalue weighted by Crippen LogP contribution is -2.23. The lowest BCUT2D eigenvalue weighted by molar-refractivity contribution is 0.581. The molecule has 0 aliphatic carbocycles. The van der Waals surface area contributed by atoms with Gasteiger partial charge in [-0.1, -0.05) is 36.4 Å². The van der Waals surface area contributed by atoms with Crippen LogP contribution in [-0.4, -0.2) is 23.0 Å². The van der Waals surface area contributed by atoms with Gasteiger partial charge in [-0.2, -0.15) is 0 Å². The largest absolute Gasteiger partial charge is 0.330 e. The first-order valence-corrected chi connectivity index (χ1v) is 11.2. The number of aryl methyl sites for hydroxylation is 2. The van der Waals surface area contributed by atoms with Gasteiger partial charge in [-0.15, -0.1) is 0 Å². The number of hydrogen-bond donors (Lipinski definition) is 1. The highest BCUT2D eigenvalue weighted by atomic mass is 32.2. The van der Waals surface area contributed by atoms with Crippen LogP contribution < -0.4 is 4.72 Å². The third-order valence-corrected chi connectivity index (χ3v) is 6.34. The summed E-state index contributed by atoms with van der Waals surface area (Å²) >= 11 is 0. The summed E-state index contributed by atoms with van der Waals surface area (Å²) in [7, 11) is -3.67. The predicted molar refractivity (Wildman–Crippen MR) is 116 cm³/mol. The molecule has 4 aromatic rings. The second-order valence-electron chi connectivity index (χ2n) is 7.02. The molecule has 0 amide bonds. The number of nitrogens with zero attached hydrogens (tertiary/aromatic N) is 3. The van der Waals surface area contributed by atoms with E-state index in [-0.39, 0.29) is 17.3 Å². The molecular weight excluding hydrogens is 415 g/mol. The van der Waals surface area contributed by atoms with Crippen molar-refractivity contribution < 1.29 is 12.8 Å². The molecule has 8 heteroatoms. The van der Waals surface area contributed by atoms with E-state index >= 15 is 0 Å². The smallest absolute Gasteiger partial charge is 0.242 e. The summed E-state index contributed by atoms with van der Waals surface area (Å²) < 4.78 is 42.9. The second kappa shape index (κ2) is 9.20. The molecule has 0 aliphatic heterocycles. The van der Waals surface area contributed by atoms with Gasteiger partial charge in [0.25, 0.3) is 0 Å². The van der Waals surface area contributed by atoms with Crippen LogP contribution in [0.25, 0.3) is 11.3 Å². The van der Waals surface area contributed by atoms with E-state index in [2.05, 4.69) is 14.7 Å². The summed E-state index contributed by atoms with van der Waals surface area (Å²) in [5, 5.41) is 0. The van der Waals surface area contributed by atoms with E-state index in [4.69, 9.17) is 0 Å². The molecule has 158 valence electrons. The van der Waals surface area contributed by atoms with Crippen molar-refractivity contribution in [3.63, 3.8) is 0 Å². The Kier molecular flexibility index (Phi) is 6.20. The Balaban J connectivity index is 1.53. The van der Waals surface area contributed by atoms with E-state index in [0.717, 1.165) is 28.8 Å². The van der Waals surface area contributed by atoms with E-state index < -0.39 is 10.0 Å². The zero-order chi connectivity index (χ0) is 21.7. The molecule has 31 heavy (non-hydrogen) atoms. The summed E-state index contributed by atoms with van der Waals surface area (Å²) in [6, 6.07) is 17.1. The number of nitrogens with one attached hydrogen (secondary N) is 1. The third kappa shape index (κ3) is 5.04. The molecule has 4 rings (SSSR count). The van der Waals surface area contributed by atoms with Crippen molar-refractivity contribution >= 4 is 10.0 Å². The van der Waals surface area contributed by atoms with Crippen molar-refractivity contribution in [1.82, 2.24) is 19.3 Å².